The van der Waals surface area contributed by atoms with Gasteiger partial charge in [0, 0.05) is 37.8 Å². The van der Waals surface area contributed by atoms with Gasteiger partial charge in [0.2, 0.25) is 0 Å². The van der Waals surface area contributed by atoms with Crippen LogP contribution in [-0.4, -0.2) is 32.4 Å². The Morgan fingerprint density at radius 2 is 1.52 bits per heavy atom. The number of rotatable bonds is 4. The van der Waals surface area contributed by atoms with Gasteiger partial charge in [-0.3, -0.25) is 14.8 Å². The third-order valence-electron chi connectivity index (χ3n) is 2.83. The number of carbonyl (C=O) groups excluding carboxylic acids is 1. The van der Waals surface area contributed by atoms with E-state index in [9.17, 15) is 4.79 Å². The predicted molar refractivity (Wildman–Crippen MR) is 87.9 cm³/mol. The highest BCUT2D eigenvalue weighted by molar-refractivity contribution is 6.05. The second-order valence-electron chi connectivity index (χ2n) is 4.48. The lowest BCUT2D eigenvalue weighted by molar-refractivity contribution is 0.102. The highest BCUT2D eigenvalue weighted by Gasteiger charge is 2.06. The van der Waals surface area contributed by atoms with Crippen molar-refractivity contribution >= 4 is 24.0 Å². The quantitative estimate of drug-likeness (QED) is 0.859. The van der Waals surface area contributed by atoms with E-state index in [4.69, 9.17) is 0 Å². The Balaban J connectivity index is 2.28. The van der Waals surface area contributed by atoms with Crippen LogP contribution in [0.4, 0.5) is 5.69 Å². The van der Waals surface area contributed by atoms with E-state index in [0.29, 0.717) is 5.56 Å². The summed E-state index contributed by atoms with van der Waals surface area (Å²) in [6.45, 7) is 0. The molecule has 4 heteroatoms. The molecule has 2 aromatic rings. The van der Waals surface area contributed by atoms with E-state index in [2.05, 4.69) is 15.3 Å². The highest BCUT2D eigenvalue weighted by atomic mass is 16.1. The SMILES string of the molecule is C/N=C/c1cc(/C=N/C)cc(NC(=O)c2ccccc2)c1. The predicted octanol–water partition coefficient (Wildman–Crippen LogP) is 3.04. The molecular weight excluding hydrogens is 262 g/mol. The zero-order chi connectivity index (χ0) is 15.1. The van der Waals surface area contributed by atoms with Crippen molar-refractivity contribution in [2.75, 3.05) is 19.4 Å². The third-order valence-corrected chi connectivity index (χ3v) is 2.83. The first-order chi connectivity index (χ1) is 10.2. The van der Waals surface area contributed by atoms with Gasteiger partial charge in [-0.05, 0) is 41.5 Å². The van der Waals surface area contributed by atoms with Gasteiger partial charge in [0.25, 0.3) is 5.91 Å². The summed E-state index contributed by atoms with van der Waals surface area (Å²) in [6, 6.07) is 14.8. The molecule has 0 radical (unpaired) electrons. The maximum Gasteiger partial charge on any atom is 0.255 e. The Morgan fingerprint density at radius 3 is 2.05 bits per heavy atom. The van der Waals surface area contributed by atoms with Gasteiger partial charge >= 0.3 is 0 Å². The van der Waals surface area contributed by atoms with E-state index >= 15 is 0 Å². The number of aliphatic imine (C=N–C) groups is 2. The summed E-state index contributed by atoms with van der Waals surface area (Å²) in [5.41, 5.74) is 3.17. The van der Waals surface area contributed by atoms with Crippen LogP contribution in [0.25, 0.3) is 0 Å². The summed E-state index contributed by atoms with van der Waals surface area (Å²) < 4.78 is 0. The van der Waals surface area contributed by atoms with Crippen LogP contribution in [0.5, 0.6) is 0 Å². The number of nitrogens with one attached hydrogen (secondary N) is 1. The van der Waals surface area contributed by atoms with Crippen LogP contribution in [0.3, 0.4) is 0 Å². The molecule has 0 unspecified atom stereocenters. The van der Waals surface area contributed by atoms with E-state index in [0.717, 1.165) is 16.8 Å². The molecule has 0 aliphatic heterocycles. The van der Waals surface area contributed by atoms with Crippen LogP contribution in [0.2, 0.25) is 0 Å². The summed E-state index contributed by atoms with van der Waals surface area (Å²) in [6.07, 6.45) is 3.48. The molecule has 21 heavy (non-hydrogen) atoms. The van der Waals surface area contributed by atoms with Crippen LogP contribution in [0.15, 0.2) is 58.5 Å². The number of amides is 1. The minimum Gasteiger partial charge on any atom is -0.322 e. The number of hydrogen-bond donors (Lipinski definition) is 1. The second kappa shape index (κ2) is 7.14. The molecular formula is C17H17N3O. The standard InChI is InChI=1S/C17H17N3O/c1-18-11-13-8-14(12-19-2)10-16(9-13)20-17(21)15-6-4-3-5-7-15/h3-12H,1-2H3,(H,20,21)/b18-11+,19-12+. The summed E-state index contributed by atoms with van der Waals surface area (Å²) in [5.74, 6) is -0.138. The Kier molecular flexibility index (Phi) is 4.99. The molecule has 2 aromatic carbocycles. The van der Waals surface area contributed by atoms with E-state index in [1.54, 1.807) is 38.7 Å². The topological polar surface area (TPSA) is 53.8 Å². The second-order valence-corrected chi connectivity index (χ2v) is 4.48. The lowest BCUT2D eigenvalue weighted by Crippen LogP contribution is -2.12. The third kappa shape index (κ3) is 4.11. The van der Waals surface area contributed by atoms with Gasteiger partial charge in [0.15, 0.2) is 0 Å². The average molecular weight is 279 g/mol. The maximum absolute atomic E-state index is 12.2. The normalized spacial score (nSPS) is 11.1. The lowest BCUT2D eigenvalue weighted by atomic mass is 10.1. The van der Waals surface area contributed by atoms with Gasteiger partial charge in [-0.2, -0.15) is 0 Å². The molecule has 0 aliphatic carbocycles. The number of hydrogen-bond acceptors (Lipinski definition) is 3. The van der Waals surface area contributed by atoms with Crippen molar-refractivity contribution in [2.45, 2.75) is 0 Å². The number of benzene rings is 2. The molecule has 0 heterocycles. The fourth-order valence-corrected chi connectivity index (χ4v) is 1.99. The van der Waals surface area contributed by atoms with Gasteiger partial charge in [-0.15, -0.1) is 0 Å². The van der Waals surface area contributed by atoms with Crippen molar-refractivity contribution in [3.05, 3.63) is 65.2 Å². The molecule has 4 nitrogen and oxygen atoms in total. The van der Waals surface area contributed by atoms with Crippen LogP contribution >= 0.6 is 0 Å². The molecule has 0 bridgehead atoms. The molecule has 0 aliphatic rings. The molecule has 1 N–H and O–H groups in total. The van der Waals surface area contributed by atoms with Crippen molar-refractivity contribution < 1.29 is 4.79 Å². The average Bonchev–Trinajstić information content (AvgIpc) is 2.48. The van der Waals surface area contributed by atoms with Crippen molar-refractivity contribution in [1.82, 2.24) is 0 Å². The molecule has 0 atom stereocenters. The number of anilines is 1. The maximum atomic E-state index is 12.2. The Morgan fingerprint density at radius 1 is 0.952 bits per heavy atom. The molecule has 2 rings (SSSR count). The van der Waals surface area contributed by atoms with E-state index in [1.165, 1.54) is 0 Å². The first-order valence-electron chi connectivity index (χ1n) is 6.59. The monoisotopic (exact) mass is 279 g/mol. The van der Waals surface area contributed by atoms with Gasteiger partial charge in [-0.1, -0.05) is 18.2 Å². The fourth-order valence-electron chi connectivity index (χ4n) is 1.99. The summed E-state index contributed by atoms with van der Waals surface area (Å²) >= 11 is 0. The molecule has 0 spiro atoms. The lowest BCUT2D eigenvalue weighted by Gasteiger charge is -2.07. The van der Waals surface area contributed by atoms with Crippen molar-refractivity contribution in [3.8, 4) is 0 Å². The summed E-state index contributed by atoms with van der Waals surface area (Å²) in [4.78, 5) is 20.2. The molecule has 0 saturated heterocycles. The molecule has 0 aromatic heterocycles. The minimum absolute atomic E-state index is 0.138. The Hall–Kier alpha value is -2.75. The van der Waals surface area contributed by atoms with Gasteiger partial charge in [0.1, 0.15) is 0 Å². The van der Waals surface area contributed by atoms with Crippen LogP contribution in [0.1, 0.15) is 21.5 Å². The van der Waals surface area contributed by atoms with E-state index in [-0.39, 0.29) is 5.91 Å². The van der Waals surface area contributed by atoms with Gasteiger partial charge in [0.05, 0.1) is 0 Å². The smallest absolute Gasteiger partial charge is 0.255 e. The number of carbonyl (C=O) groups is 1. The first-order valence-corrected chi connectivity index (χ1v) is 6.59. The van der Waals surface area contributed by atoms with Crippen molar-refractivity contribution in [2.24, 2.45) is 9.98 Å². The molecule has 106 valence electrons. The Bertz CT molecular complexity index is 645. The van der Waals surface area contributed by atoms with Crippen LogP contribution in [0, 0.1) is 0 Å². The molecule has 1 amide bonds. The summed E-state index contributed by atoms with van der Waals surface area (Å²) in [7, 11) is 3.42. The van der Waals surface area contributed by atoms with Crippen LogP contribution < -0.4 is 5.32 Å². The van der Waals surface area contributed by atoms with Gasteiger partial charge < -0.3 is 5.32 Å². The van der Waals surface area contributed by atoms with Crippen molar-refractivity contribution in [1.29, 1.82) is 0 Å². The molecule has 0 fully saturated rings. The highest BCUT2D eigenvalue weighted by Crippen LogP contribution is 2.14. The Labute approximate surface area is 124 Å². The van der Waals surface area contributed by atoms with Crippen molar-refractivity contribution in [3.63, 3.8) is 0 Å². The van der Waals surface area contributed by atoms with Gasteiger partial charge in [-0.25, -0.2) is 0 Å². The van der Waals surface area contributed by atoms with E-state index in [1.807, 2.05) is 36.4 Å². The largest absolute Gasteiger partial charge is 0.322 e. The zero-order valence-electron chi connectivity index (χ0n) is 12.1. The summed E-state index contributed by atoms with van der Waals surface area (Å²) in [5, 5.41) is 2.89. The molecule has 0 saturated carbocycles. The fraction of sp³-hybridized carbons (Fsp3) is 0.118. The minimum atomic E-state index is -0.138. The number of nitrogens with zero attached hydrogens (tertiary/aromatic N) is 2. The van der Waals surface area contributed by atoms with Crippen LogP contribution in [-0.2, 0) is 0 Å². The zero-order valence-corrected chi connectivity index (χ0v) is 12.1. The first kappa shape index (κ1) is 14.7. The van der Waals surface area contributed by atoms with E-state index < -0.39 is 0 Å².